The molecule has 6 nitrogen and oxygen atoms in total. The molecule has 7 heteroatoms. The lowest BCUT2D eigenvalue weighted by molar-refractivity contribution is -0.126. The summed E-state index contributed by atoms with van der Waals surface area (Å²) < 4.78 is 14.1. The Balaban J connectivity index is 1.60. The maximum absolute atomic E-state index is 14.1. The van der Waals surface area contributed by atoms with Crippen LogP contribution >= 0.6 is 0 Å². The van der Waals surface area contributed by atoms with Gasteiger partial charge in [-0.3, -0.25) is 9.69 Å². The first-order valence-electron chi connectivity index (χ1n) is 11.8. The van der Waals surface area contributed by atoms with Gasteiger partial charge in [-0.15, -0.1) is 0 Å². The second kappa shape index (κ2) is 8.01. The molecule has 0 unspecified atom stereocenters. The summed E-state index contributed by atoms with van der Waals surface area (Å²) in [5.41, 5.74) is 5.36. The first-order chi connectivity index (χ1) is 15.0. The largest absolute Gasteiger partial charge is 0.369 e. The molecule has 0 bridgehead atoms. The maximum atomic E-state index is 14.1. The van der Waals surface area contributed by atoms with Crippen molar-refractivity contribution in [2.45, 2.75) is 63.5 Å². The number of hydrogen-bond donors (Lipinski definition) is 1. The molecule has 0 radical (unpaired) electrons. The van der Waals surface area contributed by atoms with Crippen LogP contribution in [0.5, 0.6) is 0 Å². The molecule has 32 heavy (non-hydrogen) atoms. The monoisotopic (exact) mass is 444 g/mol. The van der Waals surface area contributed by atoms with Gasteiger partial charge < -0.3 is 15.5 Å². The summed E-state index contributed by atoms with van der Waals surface area (Å²) >= 11 is 0. The fraction of sp³-hybridized carbons (Fsp3) is 0.680. The Hall–Kier alpha value is -2.15. The van der Waals surface area contributed by atoms with Crippen LogP contribution in [0.4, 0.5) is 9.18 Å². The van der Waals surface area contributed by atoms with Crippen molar-refractivity contribution in [2.75, 3.05) is 33.7 Å². The standard InChI is InChI=1S/C25H37FN4O2/c1-23(2,21(27)31)16-29-17-24(30(22(29)32)15-18-8-9-18)10-12-25(13-11-24,28(3)4)19-6-5-7-20(26)14-19/h5-7,14,18H,8-13,15-17H2,1-4H3,(H2,27,31)/t24-,25-. The minimum Gasteiger partial charge on any atom is -0.369 e. The van der Waals surface area contributed by atoms with Gasteiger partial charge in [0.05, 0.1) is 11.0 Å². The molecular formula is C25H37FN4O2. The number of primary amides is 1. The number of halogens is 1. The molecule has 4 rings (SSSR count). The summed E-state index contributed by atoms with van der Waals surface area (Å²) in [6.07, 6.45) is 5.77. The van der Waals surface area contributed by atoms with Gasteiger partial charge in [0.2, 0.25) is 5.91 Å². The van der Waals surface area contributed by atoms with Crippen molar-refractivity contribution < 1.29 is 14.0 Å². The van der Waals surface area contributed by atoms with Gasteiger partial charge in [-0.25, -0.2) is 9.18 Å². The molecule has 1 aromatic carbocycles. The van der Waals surface area contributed by atoms with Gasteiger partial charge in [-0.2, -0.15) is 0 Å². The Morgan fingerprint density at radius 3 is 2.41 bits per heavy atom. The van der Waals surface area contributed by atoms with Crippen LogP contribution < -0.4 is 5.73 Å². The SMILES string of the molecule is CN(C)[C@]1(c2cccc(F)c2)CC[C@@]2(CC1)CN(CC(C)(C)C(N)=O)C(=O)N2CC1CC1. The van der Waals surface area contributed by atoms with Crippen molar-refractivity contribution >= 4 is 11.9 Å². The van der Waals surface area contributed by atoms with Gasteiger partial charge >= 0.3 is 6.03 Å². The van der Waals surface area contributed by atoms with Crippen LogP contribution in [0, 0.1) is 17.2 Å². The van der Waals surface area contributed by atoms with E-state index in [1.807, 2.05) is 11.0 Å². The third kappa shape index (κ3) is 4.00. The second-order valence-electron chi connectivity index (χ2n) is 11.1. The Morgan fingerprint density at radius 2 is 1.88 bits per heavy atom. The van der Waals surface area contributed by atoms with E-state index in [1.54, 1.807) is 26.0 Å². The molecule has 2 aliphatic carbocycles. The summed E-state index contributed by atoms with van der Waals surface area (Å²) in [6, 6.07) is 6.98. The molecule has 1 saturated heterocycles. The molecule has 2 saturated carbocycles. The van der Waals surface area contributed by atoms with Crippen LogP contribution in [0.2, 0.25) is 0 Å². The van der Waals surface area contributed by atoms with E-state index in [-0.39, 0.29) is 28.8 Å². The number of carbonyl (C=O) groups is 2. The van der Waals surface area contributed by atoms with Gasteiger partial charge in [0.25, 0.3) is 0 Å². The molecule has 3 amide bonds. The average molecular weight is 445 g/mol. The van der Waals surface area contributed by atoms with E-state index in [2.05, 4.69) is 23.9 Å². The normalized spacial score (nSPS) is 28.8. The highest BCUT2D eigenvalue weighted by molar-refractivity contribution is 5.83. The quantitative estimate of drug-likeness (QED) is 0.699. The van der Waals surface area contributed by atoms with Gasteiger partial charge in [-0.1, -0.05) is 12.1 Å². The van der Waals surface area contributed by atoms with Crippen LogP contribution in [-0.2, 0) is 10.3 Å². The zero-order chi connectivity index (χ0) is 23.3. The summed E-state index contributed by atoms with van der Waals surface area (Å²) in [5, 5.41) is 0. The number of urea groups is 1. The summed E-state index contributed by atoms with van der Waals surface area (Å²) in [4.78, 5) is 31.6. The van der Waals surface area contributed by atoms with Crippen molar-refractivity contribution in [3.8, 4) is 0 Å². The van der Waals surface area contributed by atoms with E-state index in [4.69, 9.17) is 5.73 Å². The Kier molecular flexibility index (Phi) is 5.76. The lowest BCUT2D eigenvalue weighted by Gasteiger charge is -2.51. The predicted octanol–water partition coefficient (Wildman–Crippen LogP) is 3.55. The fourth-order valence-corrected chi connectivity index (χ4v) is 5.72. The number of rotatable bonds is 7. The molecule has 1 spiro atoms. The van der Waals surface area contributed by atoms with Crippen molar-refractivity contribution in [1.29, 1.82) is 0 Å². The minimum atomic E-state index is -0.768. The van der Waals surface area contributed by atoms with E-state index >= 15 is 0 Å². The Morgan fingerprint density at radius 1 is 1.22 bits per heavy atom. The summed E-state index contributed by atoms with van der Waals surface area (Å²) in [5.74, 6) is -0.0136. The molecule has 2 N–H and O–H groups in total. The topological polar surface area (TPSA) is 69.9 Å². The number of benzene rings is 1. The van der Waals surface area contributed by atoms with E-state index in [1.165, 1.54) is 18.9 Å². The first kappa shape index (κ1) is 23.0. The lowest BCUT2D eigenvalue weighted by Crippen LogP contribution is -2.55. The van der Waals surface area contributed by atoms with Crippen LogP contribution in [0.15, 0.2) is 24.3 Å². The molecule has 1 aliphatic heterocycles. The van der Waals surface area contributed by atoms with E-state index in [9.17, 15) is 14.0 Å². The summed E-state index contributed by atoms with van der Waals surface area (Å²) in [6.45, 7) is 5.37. The molecule has 0 aromatic heterocycles. The number of carbonyl (C=O) groups excluding carboxylic acids is 2. The highest BCUT2D eigenvalue weighted by Gasteiger charge is 2.55. The van der Waals surface area contributed by atoms with E-state index < -0.39 is 5.41 Å². The molecular weight excluding hydrogens is 407 g/mol. The molecule has 1 aromatic rings. The van der Waals surface area contributed by atoms with Gasteiger partial charge in [0, 0.05) is 25.2 Å². The van der Waals surface area contributed by atoms with Crippen molar-refractivity contribution in [1.82, 2.24) is 14.7 Å². The third-order valence-electron chi connectivity index (χ3n) is 8.18. The van der Waals surface area contributed by atoms with Crippen LogP contribution in [-0.4, -0.2) is 65.9 Å². The van der Waals surface area contributed by atoms with Crippen LogP contribution in [0.25, 0.3) is 0 Å². The third-order valence-corrected chi connectivity index (χ3v) is 8.18. The highest BCUT2D eigenvalue weighted by atomic mass is 19.1. The van der Waals surface area contributed by atoms with Gasteiger partial charge in [0.15, 0.2) is 0 Å². The lowest BCUT2D eigenvalue weighted by atomic mass is 9.68. The molecule has 3 fully saturated rings. The minimum absolute atomic E-state index is 0.0364. The molecule has 1 heterocycles. The zero-order valence-corrected chi connectivity index (χ0v) is 19.9. The predicted molar refractivity (Wildman–Crippen MR) is 122 cm³/mol. The van der Waals surface area contributed by atoms with Crippen molar-refractivity contribution in [2.24, 2.45) is 17.1 Å². The Bertz CT molecular complexity index is 888. The smallest absolute Gasteiger partial charge is 0.320 e. The van der Waals surface area contributed by atoms with Gasteiger partial charge in [0.1, 0.15) is 5.82 Å². The maximum Gasteiger partial charge on any atom is 0.320 e. The molecule has 0 atom stereocenters. The average Bonchev–Trinajstić information content (AvgIpc) is 3.51. The van der Waals surface area contributed by atoms with Crippen LogP contribution in [0.3, 0.4) is 0 Å². The highest BCUT2D eigenvalue weighted by Crippen LogP contribution is 2.50. The summed E-state index contributed by atoms with van der Waals surface area (Å²) in [7, 11) is 4.12. The Labute approximate surface area is 190 Å². The van der Waals surface area contributed by atoms with E-state index in [0.717, 1.165) is 37.8 Å². The number of nitrogens with two attached hydrogens (primary N) is 1. The second-order valence-corrected chi connectivity index (χ2v) is 11.1. The number of nitrogens with zero attached hydrogens (tertiary/aromatic N) is 3. The van der Waals surface area contributed by atoms with Crippen molar-refractivity contribution in [3.63, 3.8) is 0 Å². The number of hydrogen-bond acceptors (Lipinski definition) is 3. The molecule has 3 aliphatic rings. The zero-order valence-electron chi connectivity index (χ0n) is 19.9. The van der Waals surface area contributed by atoms with Crippen molar-refractivity contribution in [3.05, 3.63) is 35.6 Å². The van der Waals surface area contributed by atoms with Gasteiger partial charge in [-0.05, 0) is 90.1 Å². The fourth-order valence-electron chi connectivity index (χ4n) is 5.72. The van der Waals surface area contributed by atoms with E-state index in [0.29, 0.717) is 19.0 Å². The molecule has 176 valence electrons. The van der Waals surface area contributed by atoms with Crippen LogP contribution in [0.1, 0.15) is 57.9 Å². The first-order valence-corrected chi connectivity index (χ1v) is 11.8. The number of amides is 3.